The van der Waals surface area contributed by atoms with E-state index in [1.165, 1.54) is 4.90 Å². The number of ether oxygens (including phenoxy) is 2. The van der Waals surface area contributed by atoms with Crippen LogP contribution in [0.1, 0.15) is 30.9 Å². The van der Waals surface area contributed by atoms with Crippen LogP contribution in [-0.4, -0.2) is 29.0 Å². The van der Waals surface area contributed by atoms with E-state index in [4.69, 9.17) is 9.47 Å². The maximum absolute atomic E-state index is 12.4. The van der Waals surface area contributed by atoms with E-state index < -0.39 is 12.1 Å². The second-order valence-electron chi connectivity index (χ2n) is 6.34. The van der Waals surface area contributed by atoms with Gasteiger partial charge in [-0.05, 0) is 17.5 Å². The molecule has 136 valence electrons. The maximum Gasteiger partial charge on any atom is 0.411 e. The van der Waals surface area contributed by atoms with Crippen molar-refractivity contribution in [2.75, 3.05) is 0 Å². The lowest BCUT2D eigenvalue weighted by Crippen LogP contribution is -2.21. The number of hydrogen-bond acceptors (Lipinski definition) is 4. The Labute approximate surface area is 153 Å². The van der Waals surface area contributed by atoms with E-state index in [0.717, 1.165) is 24.0 Å². The summed E-state index contributed by atoms with van der Waals surface area (Å²) in [6.45, 7) is 2.43. The van der Waals surface area contributed by atoms with E-state index in [-0.39, 0.29) is 25.2 Å². The number of amides is 1. The van der Waals surface area contributed by atoms with Gasteiger partial charge < -0.3 is 9.47 Å². The molecular weight excluding hydrogens is 330 g/mol. The van der Waals surface area contributed by atoms with E-state index >= 15 is 0 Å². The molecule has 0 saturated carbocycles. The van der Waals surface area contributed by atoms with Crippen LogP contribution in [0.3, 0.4) is 0 Å². The molecule has 0 spiro atoms. The third-order valence-electron chi connectivity index (χ3n) is 4.40. The molecule has 3 rings (SSSR count). The van der Waals surface area contributed by atoms with Gasteiger partial charge in [-0.1, -0.05) is 74.0 Å². The van der Waals surface area contributed by atoms with E-state index in [2.05, 4.69) is 0 Å². The van der Waals surface area contributed by atoms with Crippen LogP contribution >= 0.6 is 0 Å². The SMILES string of the molecule is CCC[C@@H]1[C@H](C(=O)OCc2ccccc2)N1C(=O)OCc1ccccc1. The third kappa shape index (κ3) is 4.42. The highest BCUT2D eigenvalue weighted by Crippen LogP contribution is 2.34. The largest absolute Gasteiger partial charge is 0.459 e. The number of esters is 1. The first-order valence-corrected chi connectivity index (χ1v) is 8.90. The Hall–Kier alpha value is -2.82. The molecule has 1 heterocycles. The smallest absolute Gasteiger partial charge is 0.411 e. The van der Waals surface area contributed by atoms with Gasteiger partial charge in [0.15, 0.2) is 6.04 Å². The molecular formula is C21H23NO4. The van der Waals surface area contributed by atoms with E-state index in [0.29, 0.717) is 0 Å². The van der Waals surface area contributed by atoms with Crippen molar-refractivity contribution in [1.29, 1.82) is 0 Å². The lowest BCUT2D eigenvalue weighted by molar-refractivity contribution is -0.145. The minimum absolute atomic E-state index is 0.133. The normalized spacial score (nSPS) is 18.3. The molecule has 0 unspecified atom stereocenters. The molecule has 0 N–H and O–H groups in total. The summed E-state index contributed by atoms with van der Waals surface area (Å²) >= 11 is 0. The number of nitrogens with zero attached hydrogens (tertiary/aromatic N) is 1. The maximum atomic E-state index is 12.4. The zero-order valence-corrected chi connectivity index (χ0v) is 14.8. The summed E-state index contributed by atoms with van der Waals surface area (Å²) in [6.07, 6.45) is 1.18. The monoisotopic (exact) mass is 353 g/mol. The fourth-order valence-corrected chi connectivity index (χ4v) is 3.00. The molecule has 5 nitrogen and oxygen atoms in total. The van der Waals surface area contributed by atoms with Crippen LogP contribution in [-0.2, 0) is 27.5 Å². The van der Waals surface area contributed by atoms with Crippen molar-refractivity contribution in [2.24, 2.45) is 0 Å². The topological polar surface area (TPSA) is 55.6 Å². The molecule has 1 fully saturated rings. The average Bonchev–Trinajstić information content (AvgIpc) is 3.40. The number of benzene rings is 2. The van der Waals surface area contributed by atoms with Gasteiger partial charge in [0.2, 0.25) is 0 Å². The van der Waals surface area contributed by atoms with Crippen LogP contribution in [0.15, 0.2) is 60.7 Å². The van der Waals surface area contributed by atoms with Crippen molar-refractivity contribution in [1.82, 2.24) is 4.90 Å². The van der Waals surface area contributed by atoms with Crippen molar-refractivity contribution in [3.05, 3.63) is 71.8 Å². The standard InChI is InChI=1S/C21H23NO4/c1-2-9-18-19(20(23)25-14-16-10-5-3-6-11-16)22(18)21(24)26-15-17-12-7-4-8-13-17/h3-8,10-13,18-19H,2,9,14-15H2,1H3/t18-,19-,22?/m1/s1. The zero-order chi connectivity index (χ0) is 18.4. The zero-order valence-electron chi connectivity index (χ0n) is 14.8. The minimum atomic E-state index is -0.540. The molecule has 1 amide bonds. The van der Waals surface area contributed by atoms with Gasteiger partial charge >= 0.3 is 12.1 Å². The molecule has 2 aromatic rings. The summed E-state index contributed by atoms with van der Waals surface area (Å²) in [6, 6.07) is 18.3. The third-order valence-corrected chi connectivity index (χ3v) is 4.40. The Morgan fingerprint density at radius 1 is 0.885 bits per heavy atom. The molecule has 1 saturated heterocycles. The van der Waals surface area contributed by atoms with Gasteiger partial charge in [-0.15, -0.1) is 0 Å². The Bertz CT molecular complexity index is 671. The summed E-state index contributed by atoms with van der Waals surface area (Å²) in [5.41, 5.74) is 1.84. The van der Waals surface area contributed by atoms with Gasteiger partial charge in [0, 0.05) is 0 Å². The first-order valence-electron chi connectivity index (χ1n) is 8.90. The lowest BCUT2D eigenvalue weighted by Gasteiger charge is -2.07. The van der Waals surface area contributed by atoms with Gasteiger partial charge in [0.25, 0.3) is 0 Å². The summed E-state index contributed by atoms with van der Waals surface area (Å²) < 4.78 is 10.7. The highest BCUT2D eigenvalue weighted by molar-refractivity contribution is 5.88. The van der Waals surface area contributed by atoms with Crippen LogP contribution in [0.5, 0.6) is 0 Å². The lowest BCUT2D eigenvalue weighted by atomic mass is 10.2. The van der Waals surface area contributed by atoms with Crippen LogP contribution in [0.4, 0.5) is 4.79 Å². The highest BCUT2D eigenvalue weighted by Gasteiger charge is 2.56. The van der Waals surface area contributed by atoms with Crippen molar-refractivity contribution in [2.45, 2.75) is 45.1 Å². The van der Waals surface area contributed by atoms with E-state index in [1.807, 2.05) is 67.6 Å². The summed E-state index contributed by atoms with van der Waals surface area (Å²) in [4.78, 5) is 26.2. The molecule has 1 aliphatic heterocycles. The molecule has 0 bridgehead atoms. The van der Waals surface area contributed by atoms with Crippen molar-refractivity contribution in [3.8, 4) is 0 Å². The van der Waals surface area contributed by atoms with Gasteiger partial charge in [0.05, 0.1) is 6.04 Å². The Kier molecular flexibility index (Phi) is 5.89. The second-order valence-corrected chi connectivity index (χ2v) is 6.34. The molecule has 0 aliphatic carbocycles. The molecule has 0 radical (unpaired) electrons. The van der Waals surface area contributed by atoms with Crippen LogP contribution in [0.25, 0.3) is 0 Å². The van der Waals surface area contributed by atoms with Crippen LogP contribution < -0.4 is 0 Å². The number of carbonyl (C=O) groups is 2. The second kappa shape index (κ2) is 8.52. The molecule has 2 aromatic carbocycles. The molecule has 1 aliphatic rings. The summed E-state index contributed by atoms with van der Waals surface area (Å²) in [5, 5.41) is 0. The number of rotatable bonds is 7. The quantitative estimate of drug-likeness (QED) is 0.559. The summed E-state index contributed by atoms with van der Waals surface area (Å²) in [7, 11) is 0. The van der Waals surface area contributed by atoms with Crippen LogP contribution in [0.2, 0.25) is 0 Å². The predicted molar refractivity (Wildman–Crippen MR) is 97.2 cm³/mol. The van der Waals surface area contributed by atoms with Gasteiger partial charge in [-0.2, -0.15) is 0 Å². The van der Waals surface area contributed by atoms with Crippen molar-refractivity contribution >= 4 is 12.1 Å². The van der Waals surface area contributed by atoms with Crippen molar-refractivity contribution < 1.29 is 19.1 Å². The average molecular weight is 353 g/mol. The van der Waals surface area contributed by atoms with Gasteiger partial charge in [0.1, 0.15) is 13.2 Å². The Morgan fingerprint density at radius 3 is 1.96 bits per heavy atom. The van der Waals surface area contributed by atoms with E-state index in [9.17, 15) is 9.59 Å². The Balaban J connectivity index is 1.54. The van der Waals surface area contributed by atoms with Crippen LogP contribution in [0, 0.1) is 0 Å². The van der Waals surface area contributed by atoms with E-state index in [1.54, 1.807) is 0 Å². The minimum Gasteiger partial charge on any atom is -0.459 e. The number of hydrogen-bond donors (Lipinski definition) is 0. The molecule has 2 atom stereocenters. The Morgan fingerprint density at radius 2 is 1.42 bits per heavy atom. The summed E-state index contributed by atoms with van der Waals surface area (Å²) in [5.74, 6) is -0.371. The molecule has 0 aromatic heterocycles. The van der Waals surface area contributed by atoms with Gasteiger partial charge in [-0.25, -0.2) is 9.59 Å². The van der Waals surface area contributed by atoms with Crippen molar-refractivity contribution in [3.63, 3.8) is 0 Å². The first-order chi connectivity index (χ1) is 12.7. The number of carbonyl (C=O) groups excluding carboxylic acids is 2. The fraction of sp³-hybridized carbons (Fsp3) is 0.333. The molecule has 5 heteroatoms. The van der Waals surface area contributed by atoms with Gasteiger partial charge in [-0.3, -0.25) is 4.90 Å². The first kappa shape index (κ1) is 18.0. The highest BCUT2D eigenvalue weighted by atomic mass is 16.6. The molecule has 26 heavy (non-hydrogen) atoms. The fourth-order valence-electron chi connectivity index (χ4n) is 3.00. The predicted octanol–water partition coefficient (Wildman–Crippen LogP) is 3.92.